The lowest BCUT2D eigenvalue weighted by Crippen LogP contribution is -2.42. The molecule has 0 saturated carbocycles. The monoisotopic (exact) mass is 454 g/mol. The lowest BCUT2D eigenvalue weighted by Gasteiger charge is -2.23. The number of carbonyl (C=O) groups is 3. The number of carbonyl (C=O) groups excluding carboxylic acids is 3. The first kappa shape index (κ1) is 22.1. The number of nitro groups is 1. The standard InChI is InChI=1S/C22H22N4O7/c1-13-4-6-15(16(10-13)26(30)31)23-19(27)12-25-20(28)22(2,24-21(25)29)14-5-7-17-18(11-14)33-9-3-8-32-17/h4-7,10-11H,3,8-9,12H2,1-2H3,(H,23,27)(H,24,29). The van der Waals surface area contributed by atoms with Crippen LogP contribution in [0.2, 0.25) is 0 Å². The smallest absolute Gasteiger partial charge is 0.325 e. The molecule has 1 unspecified atom stereocenters. The van der Waals surface area contributed by atoms with Crippen LogP contribution in [0.4, 0.5) is 16.2 Å². The molecule has 0 aliphatic carbocycles. The Hall–Kier alpha value is -4.15. The fourth-order valence-corrected chi connectivity index (χ4v) is 3.74. The average Bonchev–Trinajstić information content (AvgIpc) is 2.93. The zero-order valence-electron chi connectivity index (χ0n) is 18.0. The quantitative estimate of drug-likeness (QED) is 0.402. The molecule has 11 nitrogen and oxygen atoms in total. The Balaban J connectivity index is 1.52. The van der Waals surface area contributed by atoms with Crippen molar-refractivity contribution in [2.24, 2.45) is 0 Å². The van der Waals surface area contributed by atoms with Gasteiger partial charge in [0.25, 0.3) is 11.6 Å². The number of ether oxygens (including phenoxy) is 2. The minimum atomic E-state index is -1.42. The van der Waals surface area contributed by atoms with Gasteiger partial charge in [0.05, 0.1) is 18.1 Å². The molecule has 4 rings (SSSR count). The molecule has 2 aromatic carbocycles. The fourth-order valence-electron chi connectivity index (χ4n) is 3.74. The number of hydrogen-bond acceptors (Lipinski definition) is 7. The number of aryl methyl sites for hydroxylation is 1. The average molecular weight is 454 g/mol. The minimum absolute atomic E-state index is 0.0201. The summed E-state index contributed by atoms with van der Waals surface area (Å²) in [5.41, 5.74) is -0.592. The highest BCUT2D eigenvalue weighted by molar-refractivity contribution is 6.10. The Kier molecular flexibility index (Phi) is 5.62. The van der Waals surface area contributed by atoms with E-state index in [4.69, 9.17) is 9.47 Å². The molecule has 11 heteroatoms. The highest BCUT2D eigenvalue weighted by atomic mass is 16.6. The first-order valence-electron chi connectivity index (χ1n) is 10.3. The maximum atomic E-state index is 13.2. The first-order chi connectivity index (χ1) is 15.7. The van der Waals surface area contributed by atoms with Gasteiger partial charge in [-0.3, -0.25) is 24.6 Å². The van der Waals surface area contributed by atoms with Crippen LogP contribution >= 0.6 is 0 Å². The Morgan fingerprint density at radius 3 is 2.64 bits per heavy atom. The van der Waals surface area contributed by atoms with Gasteiger partial charge in [-0.15, -0.1) is 0 Å². The summed E-state index contributed by atoms with van der Waals surface area (Å²) in [4.78, 5) is 49.7. The van der Waals surface area contributed by atoms with E-state index in [9.17, 15) is 24.5 Å². The third-order valence-corrected chi connectivity index (χ3v) is 5.53. The number of anilines is 1. The largest absolute Gasteiger partial charge is 0.490 e. The zero-order valence-corrected chi connectivity index (χ0v) is 18.0. The van der Waals surface area contributed by atoms with E-state index >= 15 is 0 Å². The Bertz CT molecular complexity index is 1170. The number of hydrogen-bond donors (Lipinski definition) is 2. The van der Waals surface area contributed by atoms with Gasteiger partial charge in [0.2, 0.25) is 5.91 Å². The Morgan fingerprint density at radius 1 is 1.18 bits per heavy atom. The van der Waals surface area contributed by atoms with Crippen LogP contribution in [0.3, 0.4) is 0 Å². The molecule has 0 radical (unpaired) electrons. The third-order valence-electron chi connectivity index (χ3n) is 5.53. The summed E-state index contributed by atoms with van der Waals surface area (Å²) in [6.45, 7) is 3.60. The van der Waals surface area contributed by atoms with E-state index in [2.05, 4.69) is 10.6 Å². The normalized spacial score (nSPS) is 19.6. The van der Waals surface area contributed by atoms with Crippen LogP contribution in [0.5, 0.6) is 11.5 Å². The molecule has 1 atom stereocenters. The van der Waals surface area contributed by atoms with Gasteiger partial charge in [-0.1, -0.05) is 12.1 Å². The van der Waals surface area contributed by atoms with Crippen molar-refractivity contribution in [1.29, 1.82) is 0 Å². The second-order valence-corrected chi connectivity index (χ2v) is 7.98. The van der Waals surface area contributed by atoms with Crippen LogP contribution in [0.25, 0.3) is 0 Å². The van der Waals surface area contributed by atoms with Gasteiger partial charge in [-0.25, -0.2) is 4.79 Å². The molecular weight excluding hydrogens is 432 g/mol. The molecular formula is C22H22N4O7. The van der Waals surface area contributed by atoms with Gasteiger partial charge < -0.3 is 20.1 Å². The predicted molar refractivity (Wildman–Crippen MR) is 116 cm³/mol. The van der Waals surface area contributed by atoms with E-state index in [1.54, 1.807) is 31.2 Å². The van der Waals surface area contributed by atoms with Crippen LogP contribution in [0.15, 0.2) is 36.4 Å². The number of nitrogens with one attached hydrogen (secondary N) is 2. The number of urea groups is 1. The molecule has 0 aromatic heterocycles. The number of fused-ring (bicyclic) bond motifs is 1. The molecule has 2 aromatic rings. The second kappa shape index (κ2) is 8.41. The van der Waals surface area contributed by atoms with Gasteiger partial charge in [-0.05, 0) is 43.2 Å². The molecule has 0 spiro atoms. The van der Waals surface area contributed by atoms with Gasteiger partial charge >= 0.3 is 6.03 Å². The van der Waals surface area contributed by atoms with Crippen LogP contribution in [-0.2, 0) is 15.1 Å². The first-order valence-corrected chi connectivity index (χ1v) is 10.3. The lowest BCUT2D eigenvalue weighted by molar-refractivity contribution is -0.384. The van der Waals surface area contributed by atoms with Crippen molar-refractivity contribution in [3.05, 3.63) is 57.6 Å². The maximum Gasteiger partial charge on any atom is 0.325 e. The number of imide groups is 1. The summed E-state index contributed by atoms with van der Waals surface area (Å²) in [5, 5.41) is 16.3. The fraction of sp³-hybridized carbons (Fsp3) is 0.318. The minimum Gasteiger partial charge on any atom is -0.490 e. The molecule has 4 amide bonds. The van der Waals surface area contributed by atoms with E-state index in [1.165, 1.54) is 19.1 Å². The summed E-state index contributed by atoms with van der Waals surface area (Å²) in [7, 11) is 0. The number of nitro benzene ring substituents is 1. The molecule has 2 aliphatic rings. The van der Waals surface area contributed by atoms with E-state index in [-0.39, 0.29) is 11.4 Å². The van der Waals surface area contributed by atoms with Gasteiger partial charge in [0.15, 0.2) is 11.5 Å². The highest BCUT2D eigenvalue weighted by Gasteiger charge is 2.49. The molecule has 1 saturated heterocycles. The van der Waals surface area contributed by atoms with Crippen LogP contribution in [0.1, 0.15) is 24.5 Å². The molecule has 172 valence electrons. The third kappa shape index (κ3) is 4.16. The zero-order chi connectivity index (χ0) is 23.8. The van der Waals surface area contributed by atoms with E-state index in [0.29, 0.717) is 35.8 Å². The second-order valence-electron chi connectivity index (χ2n) is 7.98. The van der Waals surface area contributed by atoms with Crippen LogP contribution in [-0.4, -0.2) is 47.4 Å². The highest BCUT2D eigenvalue weighted by Crippen LogP contribution is 2.36. The molecule has 2 heterocycles. The van der Waals surface area contributed by atoms with Crippen molar-refractivity contribution in [2.45, 2.75) is 25.8 Å². The topological polar surface area (TPSA) is 140 Å². The van der Waals surface area contributed by atoms with Gasteiger partial charge in [0, 0.05) is 12.5 Å². The number of nitrogens with zero attached hydrogens (tertiary/aromatic N) is 2. The van der Waals surface area contributed by atoms with E-state index < -0.39 is 34.9 Å². The molecule has 2 N–H and O–H groups in total. The Morgan fingerprint density at radius 2 is 1.91 bits per heavy atom. The summed E-state index contributed by atoms with van der Waals surface area (Å²) in [6, 6.07) is 8.56. The Labute approximate surface area is 188 Å². The summed E-state index contributed by atoms with van der Waals surface area (Å²) >= 11 is 0. The number of benzene rings is 2. The van der Waals surface area contributed by atoms with Crippen molar-refractivity contribution in [2.75, 3.05) is 25.1 Å². The van der Waals surface area contributed by atoms with Gasteiger partial charge in [-0.2, -0.15) is 0 Å². The van der Waals surface area contributed by atoms with Crippen molar-refractivity contribution in [1.82, 2.24) is 10.2 Å². The maximum absolute atomic E-state index is 13.2. The molecule has 1 fully saturated rings. The number of amides is 4. The molecule has 0 bridgehead atoms. The van der Waals surface area contributed by atoms with Crippen molar-refractivity contribution < 1.29 is 28.8 Å². The molecule has 33 heavy (non-hydrogen) atoms. The van der Waals surface area contributed by atoms with Crippen molar-refractivity contribution >= 4 is 29.2 Å². The molecule has 2 aliphatic heterocycles. The SMILES string of the molecule is Cc1ccc(NC(=O)CN2C(=O)NC(C)(c3ccc4c(c3)OCCCO4)C2=O)c([N+](=O)[O-])c1. The lowest BCUT2D eigenvalue weighted by atomic mass is 9.91. The van der Waals surface area contributed by atoms with Crippen LogP contribution in [0, 0.1) is 17.0 Å². The number of rotatable bonds is 5. The van der Waals surface area contributed by atoms with Gasteiger partial charge in [0.1, 0.15) is 17.8 Å². The van der Waals surface area contributed by atoms with E-state index in [0.717, 1.165) is 11.3 Å². The summed E-state index contributed by atoms with van der Waals surface area (Å²) in [5.74, 6) is -0.354. The van der Waals surface area contributed by atoms with E-state index in [1.807, 2.05) is 0 Å². The predicted octanol–water partition coefficient (Wildman–Crippen LogP) is 2.47. The van der Waals surface area contributed by atoms with Crippen LogP contribution < -0.4 is 20.1 Å². The summed E-state index contributed by atoms with van der Waals surface area (Å²) in [6.07, 6.45) is 0.721. The van der Waals surface area contributed by atoms with Crippen molar-refractivity contribution in [3.8, 4) is 11.5 Å². The van der Waals surface area contributed by atoms with Crippen molar-refractivity contribution in [3.63, 3.8) is 0 Å². The summed E-state index contributed by atoms with van der Waals surface area (Å²) < 4.78 is 11.3.